The summed E-state index contributed by atoms with van der Waals surface area (Å²) in [5.74, 6) is -0.917. The minimum Gasteiger partial charge on any atom is -0.476 e. The highest BCUT2D eigenvalue weighted by molar-refractivity contribution is 5.85. The molecule has 0 aromatic carbocycles. The van der Waals surface area contributed by atoms with Crippen LogP contribution in [0, 0.1) is 0 Å². The molecule has 1 aliphatic heterocycles. The standard InChI is InChI=1S/C11H15N3O3/c1-8(15)13-5-2-9(3-6-13)14-7-4-10(12-14)11(16)17/h4,7,9H,2-3,5-6H2,1H3,(H,16,17). The van der Waals surface area contributed by atoms with Crippen molar-refractivity contribution in [1.29, 1.82) is 0 Å². The van der Waals surface area contributed by atoms with Gasteiger partial charge in [-0.3, -0.25) is 9.48 Å². The van der Waals surface area contributed by atoms with Crippen LogP contribution in [0.4, 0.5) is 0 Å². The maximum atomic E-state index is 11.2. The van der Waals surface area contributed by atoms with Gasteiger partial charge in [0.1, 0.15) is 0 Å². The van der Waals surface area contributed by atoms with Crippen molar-refractivity contribution in [2.75, 3.05) is 13.1 Å². The van der Waals surface area contributed by atoms with Crippen LogP contribution in [0.5, 0.6) is 0 Å². The Morgan fingerprint density at radius 3 is 2.53 bits per heavy atom. The van der Waals surface area contributed by atoms with Crippen LogP contribution in [0.25, 0.3) is 0 Å². The first kappa shape index (κ1) is 11.6. The topological polar surface area (TPSA) is 75.4 Å². The lowest BCUT2D eigenvalue weighted by Gasteiger charge is -2.31. The van der Waals surface area contributed by atoms with Crippen molar-refractivity contribution in [2.45, 2.75) is 25.8 Å². The molecular weight excluding hydrogens is 222 g/mol. The molecule has 6 heteroatoms. The molecule has 0 bridgehead atoms. The predicted octanol–water partition coefficient (Wildman–Crippen LogP) is 0.765. The zero-order chi connectivity index (χ0) is 12.4. The Morgan fingerprint density at radius 1 is 1.41 bits per heavy atom. The number of rotatable bonds is 2. The molecule has 6 nitrogen and oxygen atoms in total. The Labute approximate surface area is 98.8 Å². The Balaban J connectivity index is 2.00. The van der Waals surface area contributed by atoms with Gasteiger partial charge in [0.05, 0.1) is 6.04 Å². The Hall–Kier alpha value is -1.85. The summed E-state index contributed by atoms with van der Waals surface area (Å²) >= 11 is 0. The number of carboxylic acids is 1. The second kappa shape index (κ2) is 4.57. The van der Waals surface area contributed by atoms with Crippen molar-refractivity contribution in [2.24, 2.45) is 0 Å². The van der Waals surface area contributed by atoms with Crippen LogP contribution in [0.3, 0.4) is 0 Å². The van der Waals surface area contributed by atoms with E-state index in [9.17, 15) is 9.59 Å². The zero-order valence-corrected chi connectivity index (χ0v) is 9.67. The zero-order valence-electron chi connectivity index (χ0n) is 9.67. The summed E-state index contributed by atoms with van der Waals surface area (Å²) in [5, 5.41) is 12.8. The number of aromatic nitrogens is 2. The largest absolute Gasteiger partial charge is 0.476 e. The Bertz CT molecular complexity index is 433. The minimum absolute atomic E-state index is 0.0685. The van der Waals surface area contributed by atoms with Gasteiger partial charge < -0.3 is 10.0 Å². The van der Waals surface area contributed by atoms with Gasteiger partial charge in [-0.15, -0.1) is 0 Å². The van der Waals surface area contributed by atoms with Crippen LogP contribution in [0.1, 0.15) is 36.3 Å². The second-order valence-corrected chi connectivity index (χ2v) is 4.22. The van der Waals surface area contributed by atoms with Crippen LogP contribution in [0.15, 0.2) is 12.3 Å². The number of carboxylic acid groups (broad SMARTS) is 1. The van der Waals surface area contributed by atoms with Crippen molar-refractivity contribution < 1.29 is 14.7 Å². The number of nitrogens with zero attached hydrogens (tertiary/aromatic N) is 3. The average Bonchev–Trinajstić information content (AvgIpc) is 2.78. The molecule has 92 valence electrons. The smallest absolute Gasteiger partial charge is 0.356 e. The Morgan fingerprint density at radius 2 is 2.06 bits per heavy atom. The van der Waals surface area contributed by atoms with Gasteiger partial charge >= 0.3 is 5.97 Å². The molecule has 0 radical (unpaired) electrons. The van der Waals surface area contributed by atoms with Crippen LogP contribution >= 0.6 is 0 Å². The number of carbonyl (C=O) groups excluding carboxylic acids is 1. The van der Waals surface area contributed by atoms with Crippen LogP contribution in [0.2, 0.25) is 0 Å². The lowest BCUT2D eigenvalue weighted by atomic mass is 10.1. The first-order valence-corrected chi connectivity index (χ1v) is 5.62. The molecule has 1 fully saturated rings. The van der Waals surface area contributed by atoms with E-state index in [1.807, 2.05) is 0 Å². The fourth-order valence-electron chi connectivity index (χ4n) is 2.10. The summed E-state index contributed by atoms with van der Waals surface area (Å²) in [4.78, 5) is 23.7. The monoisotopic (exact) mass is 237 g/mol. The summed E-state index contributed by atoms with van der Waals surface area (Å²) in [6.07, 6.45) is 3.33. The van der Waals surface area contributed by atoms with Crippen molar-refractivity contribution in [3.8, 4) is 0 Å². The van der Waals surface area contributed by atoms with E-state index in [-0.39, 0.29) is 17.6 Å². The molecule has 2 rings (SSSR count). The maximum absolute atomic E-state index is 11.2. The van der Waals surface area contributed by atoms with E-state index in [2.05, 4.69) is 5.10 Å². The highest BCUT2D eigenvalue weighted by Gasteiger charge is 2.22. The number of amides is 1. The summed E-state index contributed by atoms with van der Waals surface area (Å²) in [6, 6.07) is 1.69. The van der Waals surface area contributed by atoms with Crippen LogP contribution in [-0.2, 0) is 4.79 Å². The van der Waals surface area contributed by atoms with Crippen molar-refractivity contribution >= 4 is 11.9 Å². The van der Waals surface area contributed by atoms with E-state index in [1.165, 1.54) is 6.07 Å². The van der Waals surface area contributed by atoms with E-state index in [0.717, 1.165) is 12.8 Å². The van der Waals surface area contributed by atoms with E-state index in [1.54, 1.807) is 22.7 Å². The molecule has 1 amide bonds. The number of hydrogen-bond acceptors (Lipinski definition) is 3. The van der Waals surface area contributed by atoms with Gasteiger partial charge in [0.2, 0.25) is 5.91 Å². The van der Waals surface area contributed by atoms with E-state index in [4.69, 9.17) is 5.11 Å². The highest BCUT2D eigenvalue weighted by atomic mass is 16.4. The lowest BCUT2D eigenvalue weighted by molar-refractivity contribution is -0.130. The van der Waals surface area contributed by atoms with Gasteiger partial charge in [0, 0.05) is 26.2 Å². The Kier molecular flexibility index (Phi) is 3.12. The number of likely N-dealkylation sites (tertiary alicyclic amines) is 1. The first-order chi connectivity index (χ1) is 8.08. The summed E-state index contributed by atoms with van der Waals surface area (Å²) in [7, 11) is 0. The molecule has 1 aromatic rings. The third-order valence-electron chi connectivity index (χ3n) is 3.11. The number of hydrogen-bond donors (Lipinski definition) is 1. The third kappa shape index (κ3) is 2.46. The maximum Gasteiger partial charge on any atom is 0.356 e. The average molecular weight is 237 g/mol. The van der Waals surface area contributed by atoms with Gasteiger partial charge in [0.15, 0.2) is 5.69 Å². The quantitative estimate of drug-likeness (QED) is 0.824. The molecule has 0 aliphatic carbocycles. The van der Waals surface area contributed by atoms with E-state index in [0.29, 0.717) is 13.1 Å². The molecule has 1 aromatic heterocycles. The predicted molar refractivity (Wildman–Crippen MR) is 59.7 cm³/mol. The highest BCUT2D eigenvalue weighted by Crippen LogP contribution is 2.21. The molecule has 0 saturated carbocycles. The van der Waals surface area contributed by atoms with Gasteiger partial charge in [-0.2, -0.15) is 5.10 Å². The van der Waals surface area contributed by atoms with Gasteiger partial charge in [-0.25, -0.2) is 4.79 Å². The molecule has 2 heterocycles. The molecule has 1 N–H and O–H groups in total. The SMILES string of the molecule is CC(=O)N1CCC(n2ccc(C(=O)O)n2)CC1. The number of piperidine rings is 1. The van der Waals surface area contributed by atoms with Gasteiger partial charge in [-0.05, 0) is 18.9 Å². The van der Waals surface area contributed by atoms with Gasteiger partial charge in [0.25, 0.3) is 0 Å². The third-order valence-corrected chi connectivity index (χ3v) is 3.11. The van der Waals surface area contributed by atoms with Gasteiger partial charge in [-0.1, -0.05) is 0 Å². The normalized spacial score (nSPS) is 17.1. The molecule has 0 unspecified atom stereocenters. The molecule has 1 saturated heterocycles. The van der Waals surface area contributed by atoms with Crippen molar-refractivity contribution in [3.63, 3.8) is 0 Å². The summed E-state index contributed by atoms with van der Waals surface area (Å²) < 4.78 is 1.70. The second-order valence-electron chi connectivity index (χ2n) is 4.22. The fraction of sp³-hybridized carbons (Fsp3) is 0.545. The molecule has 17 heavy (non-hydrogen) atoms. The molecular formula is C11H15N3O3. The fourth-order valence-corrected chi connectivity index (χ4v) is 2.10. The van der Waals surface area contributed by atoms with Crippen LogP contribution in [-0.4, -0.2) is 44.8 Å². The minimum atomic E-state index is -1.01. The number of carbonyl (C=O) groups is 2. The first-order valence-electron chi connectivity index (χ1n) is 5.62. The molecule has 0 spiro atoms. The molecule has 0 atom stereocenters. The van der Waals surface area contributed by atoms with Crippen LogP contribution < -0.4 is 0 Å². The molecule has 1 aliphatic rings. The van der Waals surface area contributed by atoms with E-state index >= 15 is 0 Å². The lowest BCUT2D eigenvalue weighted by Crippen LogP contribution is -2.37. The number of aromatic carboxylic acids is 1. The summed E-state index contributed by atoms with van der Waals surface area (Å²) in [6.45, 7) is 2.99. The van der Waals surface area contributed by atoms with Crippen molar-refractivity contribution in [1.82, 2.24) is 14.7 Å². The van der Waals surface area contributed by atoms with Crippen molar-refractivity contribution in [3.05, 3.63) is 18.0 Å². The van der Waals surface area contributed by atoms with E-state index < -0.39 is 5.97 Å². The summed E-state index contributed by atoms with van der Waals surface area (Å²) in [5.41, 5.74) is 0.0685.